The molecule has 38 heavy (non-hydrogen) atoms. The van der Waals surface area contributed by atoms with Crippen LogP contribution in [-0.2, 0) is 9.59 Å². The van der Waals surface area contributed by atoms with Gasteiger partial charge >= 0.3 is 0 Å². The number of piperidine rings is 1. The van der Waals surface area contributed by atoms with Gasteiger partial charge in [0.2, 0.25) is 11.8 Å². The van der Waals surface area contributed by atoms with Crippen molar-refractivity contribution in [3.8, 4) is 11.8 Å². The molecule has 206 valence electrons. The van der Waals surface area contributed by atoms with Crippen LogP contribution in [0.4, 0.5) is 0 Å². The van der Waals surface area contributed by atoms with Crippen molar-refractivity contribution in [1.82, 2.24) is 25.3 Å². The van der Waals surface area contributed by atoms with Crippen molar-refractivity contribution < 1.29 is 14.7 Å². The Morgan fingerprint density at radius 2 is 1.76 bits per heavy atom. The lowest BCUT2D eigenvalue weighted by molar-refractivity contribution is -0.164. The molecule has 4 rings (SSSR count). The number of rotatable bonds is 6. The number of aliphatic hydroxyl groups is 1. The Hall–Kier alpha value is -2.86. The highest BCUT2D eigenvalue weighted by Crippen LogP contribution is 2.39. The van der Waals surface area contributed by atoms with Crippen molar-refractivity contribution in [1.29, 1.82) is 0 Å². The van der Waals surface area contributed by atoms with Crippen LogP contribution in [0.1, 0.15) is 67.7 Å². The van der Waals surface area contributed by atoms with E-state index in [1.165, 1.54) is 11.1 Å². The number of nitrogens with one attached hydrogen (secondary N) is 2. The molecule has 2 aliphatic heterocycles. The van der Waals surface area contributed by atoms with Crippen molar-refractivity contribution in [2.75, 3.05) is 19.6 Å². The van der Waals surface area contributed by atoms with Gasteiger partial charge in [0, 0.05) is 24.3 Å². The molecule has 0 saturated carbocycles. The number of hydrogen-bond donors (Lipinski definition) is 3. The third-order valence-electron chi connectivity index (χ3n) is 8.04. The van der Waals surface area contributed by atoms with E-state index in [0.717, 1.165) is 17.0 Å². The monoisotopic (exact) mass is 541 g/mol. The Balaban J connectivity index is 0.00000400. The van der Waals surface area contributed by atoms with Gasteiger partial charge in [-0.25, -0.2) is 0 Å². The second kappa shape index (κ2) is 11.9. The number of aryl methyl sites for hydroxylation is 3. The van der Waals surface area contributed by atoms with Crippen LogP contribution in [0.2, 0.25) is 0 Å². The lowest BCUT2D eigenvalue weighted by Gasteiger charge is -2.52. The number of aromatic amines is 1. The molecule has 2 saturated heterocycles. The Kier molecular flexibility index (Phi) is 9.30. The maximum absolute atomic E-state index is 13.7. The van der Waals surface area contributed by atoms with Crippen molar-refractivity contribution in [3.05, 3.63) is 52.3 Å². The molecule has 8 nitrogen and oxygen atoms in total. The minimum absolute atomic E-state index is 0. The number of carbonyl (C=O) groups is 2. The van der Waals surface area contributed by atoms with Gasteiger partial charge in [-0.3, -0.25) is 19.6 Å². The zero-order valence-corrected chi connectivity index (χ0v) is 24.0. The highest BCUT2D eigenvalue weighted by molar-refractivity contribution is 6.00. The van der Waals surface area contributed by atoms with E-state index < -0.39 is 17.7 Å². The molecule has 1 aromatic carbocycles. The van der Waals surface area contributed by atoms with Gasteiger partial charge in [0.15, 0.2) is 0 Å². The van der Waals surface area contributed by atoms with Gasteiger partial charge in [0.05, 0.1) is 24.4 Å². The molecule has 0 radical (unpaired) electrons. The second-order valence-electron chi connectivity index (χ2n) is 10.8. The standard InChI is InChI=1S/C29H39N5O3.ClH/c1-7-8-15-34-27(36)24(26(35)18(2)3)30-28(37)29(34)13-16-33(17-14-29)25(22-11-9-19(4)10-12-22)23-20(5)31-32-21(23)6;/h9-12,18,24-26,35H,13-17H2,1-6H3,(H,30,37)(H,31,32);1H/t24-,25?,26-;/m1./s1. The summed E-state index contributed by atoms with van der Waals surface area (Å²) in [6.45, 7) is 13.0. The third-order valence-corrected chi connectivity index (χ3v) is 8.04. The molecule has 3 heterocycles. The van der Waals surface area contributed by atoms with E-state index in [1.807, 2.05) is 27.7 Å². The molecule has 3 atom stereocenters. The van der Waals surface area contributed by atoms with Gasteiger partial charge in [-0.15, -0.1) is 18.3 Å². The summed E-state index contributed by atoms with van der Waals surface area (Å²) in [6.07, 6.45) is 0.0151. The number of carbonyl (C=O) groups excluding carboxylic acids is 2. The lowest BCUT2D eigenvalue weighted by atomic mass is 9.79. The van der Waals surface area contributed by atoms with Gasteiger partial charge in [-0.2, -0.15) is 5.10 Å². The van der Waals surface area contributed by atoms with Crippen molar-refractivity contribution in [2.24, 2.45) is 5.92 Å². The Morgan fingerprint density at radius 1 is 1.13 bits per heavy atom. The van der Waals surface area contributed by atoms with Crippen LogP contribution >= 0.6 is 12.4 Å². The molecule has 2 amide bonds. The molecule has 9 heteroatoms. The first-order valence-corrected chi connectivity index (χ1v) is 13.1. The fourth-order valence-electron chi connectivity index (χ4n) is 5.76. The number of nitrogens with zero attached hydrogens (tertiary/aromatic N) is 3. The molecule has 0 aliphatic carbocycles. The molecule has 1 aromatic heterocycles. The smallest absolute Gasteiger partial charge is 0.249 e. The highest BCUT2D eigenvalue weighted by atomic mass is 35.5. The fourth-order valence-corrected chi connectivity index (χ4v) is 5.76. The number of likely N-dealkylation sites (tertiary alicyclic amines) is 1. The van der Waals surface area contributed by atoms with Crippen LogP contribution in [-0.4, -0.2) is 74.2 Å². The molecule has 0 bridgehead atoms. The normalized spacial score (nSPS) is 20.9. The molecular formula is C29H40ClN5O3. The summed E-state index contributed by atoms with van der Waals surface area (Å²) in [5, 5.41) is 21.1. The van der Waals surface area contributed by atoms with Crippen LogP contribution in [0.5, 0.6) is 0 Å². The minimum Gasteiger partial charge on any atom is -0.390 e. The van der Waals surface area contributed by atoms with Crippen LogP contribution in [0.25, 0.3) is 0 Å². The molecule has 1 unspecified atom stereocenters. The highest BCUT2D eigenvalue weighted by Gasteiger charge is 2.55. The van der Waals surface area contributed by atoms with Crippen LogP contribution in [0.15, 0.2) is 24.3 Å². The molecule has 3 N–H and O–H groups in total. The lowest BCUT2D eigenvalue weighted by Crippen LogP contribution is -2.74. The van der Waals surface area contributed by atoms with E-state index in [2.05, 4.69) is 63.4 Å². The van der Waals surface area contributed by atoms with E-state index >= 15 is 0 Å². The van der Waals surface area contributed by atoms with Crippen molar-refractivity contribution >= 4 is 24.2 Å². The van der Waals surface area contributed by atoms with Gasteiger partial charge < -0.3 is 15.3 Å². The fraction of sp³-hybridized carbons (Fsp3) is 0.552. The van der Waals surface area contributed by atoms with Gasteiger partial charge in [-0.05, 0) is 52.0 Å². The zero-order chi connectivity index (χ0) is 26.9. The quantitative estimate of drug-likeness (QED) is 0.488. The summed E-state index contributed by atoms with van der Waals surface area (Å²) >= 11 is 0. The predicted molar refractivity (Wildman–Crippen MR) is 150 cm³/mol. The second-order valence-corrected chi connectivity index (χ2v) is 10.8. The largest absolute Gasteiger partial charge is 0.390 e. The Bertz CT molecular complexity index is 1190. The first-order chi connectivity index (χ1) is 17.6. The number of amides is 2. The summed E-state index contributed by atoms with van der Waals surface area (Å²) in [4.78, 5) is 31.3. The van der Waals surface area contributed by atoms with Gasteiger partial charge in [0.1, 0.15) is 11.6 Å². The van der Waals surface area contributed by atoms with Crippen LogP contribution < -0.4 is 5.32 Å². The number of benzene rings is 1. The molecule has 1 spiro atoms. The molecule has 2 fully saturated rings. The number of halogens is 1. The number of H-pyrrole nitrogens is 1. The van der Waals surface area contributed by atoms with Crippen LogP contribution in [0, 0.1) is 38.5 Å². The van der Waals surface area contributed by atoms with Gasteiger partial charge in [-0.1, -0.05) is 49.6 Å². The minimum atomic E-state index is -0.983. The maximum atomic E-state index is 13.7. The summed E-state index contributed by atoms with van der Waals surface area (Å²) in [5.41, 5.74) is 4.52. The maximum Gasteiger partial charge on any atom is 0.249 e. The number of hydrogen-bond acceptors (Lipinski definition) is 5. The summed E-state index contributed by atoms with van der Waals surface area (Å²) in [6, 6.07) is 7.60. The average Bonchev–Trinajstić information content (AvgIpc) is 3.21. The molecule has 2 aliphatic rings. The predicted octanol–water partition coefficient (Wildman–Crippen LogP) is 3.05. The van der Waals surface area contributed by atoms with E-state index in [0.29, 0.717) is 25.9 Å². The average molecular weight is 542 g/mol. The molecule has 2 aromatic rings. The van der Waals surface area contributed by atoms with Crippen molar-refractivity contribution in [2.45, 2.75) is 78.1 Å². The number of aliphatic hydroxyl groups excluding tert-OH is 1. The van der Waals surface area contributed by atoms with E-state index in [1.54, 1.807) is 11.8 Å². The summed E-state index contributed by atoms with van der Waals surface area (Å²) in [7, 11) is 0. The number of piperazine rings is 1. The zero-order valence-electron chi connectivity index (χ0n) is 23.2. The topological polar surface area (TPSA) is 102 Å². The van der Waals surface area contributed by atoms with Crippen molar-refractivity contribution in [3.63, 3.8) is 0 Å². The Morgan fingerprint density at radius 3 is 2.29 bits per heavy atom. The first kappa shape index (κ1) is 29.7. The summed E-state index contributed by atoms with van der Waals surface area (Å²) < 4.78 is 0. The number of aromatic nitrogens is 2. The summed E-state index contributed by atoms with van der Waals surface area (Å²) in [5.74, 6) is 5.24. The van der Waals surface area contributed by atoms with Gasteiger partial charge in [0.25, 0.3) is 0 Å². The van der Waals surface area contributed by atoms with E-state index in [4.69, 9.17) is 0 Å². The first-order valence-electron chi connectivity index (χ1n) is 13.1. The Labute approximate surface area is 232 Å². The van der Waals surface area contributed by atoms with Crippen LogP contribution in [0.3, 0.4) is 0 Å². The van der Waals surface area contributed by atoms with E-state index in [9.17, 15) is 14.7 Å². The van der Waals surface area contributed by atoms with E-state index in [-0.39, 0.29) is 42.7 Å². The SMILES string of the molecule is CC#CCN1C(=O)[C@@H]([C@H](O)C(C)C)NC(=O)C12CCN(C(c1ccc(C)cc1)c1c(C)n[nH]c1C)CC2.Cl. The third kappa shape index (κ3) is 5.33. The molecular weight excluding hydrogens is 502 g/mol.